The largest absolute Gasteiger partial charge is 0.494 e. The minimum Gasteiger partial charge on any atom is -0.494 e. The summed E-state index contributed by atoms with van der Waals surface area (Å²) in [5.74, 6) is 3.07. The van der Waals surface area contributed by atoms with Crippen LogP contribution < -0.4 is 15.4 Å². The first-order valence-electron chi connectivity index (χ1n) is 9.46. The molecule has 7 heteroatoms. The Bertz CT molecular complexity index is 560. The van der Waals surface area contributed by atoms with E-state index in [1.807, 2.05) is 19.2 Å². The van der Waals surface area contributed by atoms with Crippen molar-refractivity contribution >= 4 is 41.7 Å². The minimum atomic E-state index is 0. The maximum Gasteiger partial charge on any atom is 0.191 e. The molecule has 0 spiro atoms. The monoisotopic (exact) mass is 506 g/mol. The van der Waals surface area contributed by atoms with Gasteiger partial charge in [-0.1, -0.05) is 12.1 Å². The third kappa shape index (κ3) is 9.38. The molecule has 0 saturated carbocycles. The summed E-state index contributed by atoms with van der Waals surface area (Å²) in [5.41, 5.74) is 1.22. The van der Waals surface area contributed by atoms with Gasteiger partial charge in [-0.15, -0.1) is 24.0 Å². The summed E-state index contributed by atoms with van der Waals surface area (Å²) >= 11 is 2.06. The highest BCUT2D eigenvalue weighted by Gasteiger charge is 2.29. The van der Waals surface area contributed by atoms with Crippen LogP contribution in [0.3, 0.4) is 0 Å². The summed E-state index contributed by atoms with van der Waals surface area (Å²) in [6.07, 6.45) is 3.63. The number of nitrogens with zero attached hydrogens (tertiary/aromatic N) is 2. The lowest BCUT2D eigenvalue weighted by Crippen LogP contribution is -2.43. The summed E-state index contributed by atoms with van der Waals surface area (Å²) in [7, 11) is 5.99. The molecule has 154 valence electrons. The predicted octanol–water partition coefficient (Wildman–Crippen LogP) is 3.59. The molecule has 0 aliphatic carbocycles. The second-order valence-corrected chi connectivity index (χ2v) is 9.01. The number of nitrogens with one attached hydrogen (secondary N) is 2. The van der Waals surface area contributed by atoms with Crippen LogP contribution in [0.2, 0.25) is 0 Å². The molecule has 1 unspecified atom stereocenters. The summed E-state index contributed by atoms with van der Waals surface area (Å²) in [5, 5.41) is 6.86. The van der Waals surface area contributed by atoms with Gasteiger partial charge < -0.3 is 20.3 Å². The van der Waals surface area contributed by atoms with Gasteiger partial charge in [-0.2, -0.15) is 11.8 Å². The molecule has 1 saturated heterocycles. The van der Waals surface area contributed by atoms with Crippen LogP contribution >= 0.6 is 35.7 Å². The van der Waals surface area contributed by atoms with Crippen LogP contribution in [0.25, 0.3) is 0 Å². The van der Waals surface area contributed by atoms with Crippen molar-refractivity contribution in [2.45, 2.75) is 37.5 Å². The SMILES string of the molecule is CN=C(NCc1ccc(OCCCN(C)C)cc1)NCC1(C)CCCS1.I. The van der Waals surface area contributed by atoms with Crippen LogP contribution in [0.4, 0.5) is 0 Å². The van der Waals surface area contributed by atoms with Crippen LogP contribution in [0.5, 0.6) is 5.75 Å². The first-order chi connectivity index (χ1) is 12.5. The maximum atomic E-state index is 5.78. The van der Waals surface area contributed by atoms with E-state index in [1.54, 1.807) is 0 Å². The van der Waals surface area contributed by atoms with Crippen LogP contribution in [0, 0.1) is 0 Å². The second-order valence-electron chi connectivity index (χ2n) is 7.33. The average molecular weight is 506 g/mol. The lowest BCUT2D eigenvalue weighted by molar-refractivity contribution is 0.281. The molecule has 2 N–H and O–H groups in total. The van der Waals surface area contributed by atoms with Crippen LogP contribution in [-0.4, -0.2) is 62.2 Å². The van der Waals surface area contributed by atoms with Gasteiger partial charge in [0.1, 0.15) is 5.75 Å². The second kappa shape index (κ2) is 12.7. The van der Waals surface area contributed by atoms with E-state index in [0.717, 1.165) is 44.4 Å². The van der Waals surface area contributed by atoms with E-state index in [9.17, 15) is 0 Å². The van der Waals surface area contributed by atoms with Crippen molar-refractivity contribution in [1.82, 2.24) is 15.5 Å². The molecule has 0 bridgehead atoms. The highest BCUT2D eigenvalue weighted by atomic mass is 127. The van der Waals surface area contributed by atoms with E-state index in [2.05, 4.69) is 65.4 Å². The number of hydrogen-bond acceptors (Lipinski definition) is 4. The minimum absolute atomic E-state index is 0. The predicted molar refractivity (Wildman–Crippen MR) is 129 cm³/mol. The van der Waals surface area contributed by atoms with Gasteiger partial charge in [0.2, 0.25) is 0 Å². The van der Waals surface area contributed by atoms with Gasteiger partial charge in [0.05, 0.1) is 6.61 Å². The lowest BCUT2D eigenvalue weighted by atomic mass is 10.1. The van der Waals surface area contributed by atoms with Gasteiger partial charge in [0.25, 0.3) is 0 Å². The zero-order chi connectivity index (χ0) is 18.8. The van der Waals surface area contributed by atoms with Crippen molar-refractivity contribution in [1.29, 1.82) is 0 Å². The molecular formula is C20H35IN4OS. The Hall–Kier alpha value is -0.670. The van der Waals surface area contributed by atoms with E-state index < -0.39 is 0 Å². The standard InChI is InChI=1S/C20H34N4OS.HI/c1-20(11-5-14-26-20)16-23-19(21-2)22-15-17-7-9-18(10-8-17)25-13-6-12-24(3)4;/h7-10H,5-6,11-16H2,1-4H3,(H2,21,22,23);1H. The summed E-state index contributed by atoms with van der Waals surface area (Å²) in [4.78, 5) is 6.50. The molecule has 5 nitrogen and oxygen atoms in total. The number of halogens is 1. The average Bonchev–Trinajstić information content (AvgIpc) is 3.06. The summed E-state index contributed by atoms with van der Waals surface area (Å²) < 4.78 is 6.12. The molecule has 27 heavy (non-hydrogen) atoms. The molecular weight excluding hydrogens is 471 g/mol. The van der Waals surface area contributed by atoms with Gasteiger partial charge in [0.15, 0.2) is 5.96 Å². The van der Waals surface area contributed by atoms with E-state index in [1.165, 1.54) is 24.2 Å². The molecule has 1 atom stereocenters. The Morgan fingerprint density at radius 2 is 2.00 bits per heavy atom. The number of guanidine groups is 1. The Morgan fingerprint density at radius 1 is 1.26 bits per heavy atom. The van der Waals surface area contributed by atoms with Crippen LogP contribution in [0.1, 0.15) is 31.7 Å². The van der Waals surface area contributed by atoms with Crippen LogP contribution in [-0.2, 0) is 6.54 Å². The number of hydrogen-bond donors (Lipinski definition) is 2. The number of thioether (sulfide) groups is 1. The molecule has 2 rings (SSSR count). The zero-order valence-electron chi connectivity index (χ0n) is 17.1. The van der Waals surface area contributed by atoms with Gasteiger partial charge >= 0.3 is 0 Å². The fraction of sp³-hybridized carbons (Fsp3) is 0.650. The quantitative estimate of drug-likeness (QED) is 0.232. The van der Waals surface area contributed by atoms with E-state index >= 15 is 0 Å². The Labute approximate surface area is 186 Å². The molecule has 1 fully saturated rings. The number of ether oxygens (including phenoxy) is 1. The van der Waals surface area contributed by atoms with Gasteiger partial charge in [-0.05, 0) is 63.7 Å². The zero-order valence-corrected chi connectivity index (χ0v) is 20.2. The van der Waals surface area contributed by atoms with Crippen molar-refractivity contribution in [2.75, 3.05) is 46.6 Å². The lowest BCUT2D eigenvalue weighted by Gasteiger charge is -2.24. The van der Waals surface area contributed by atoms with Crippen molar-refractivity contribution in [3.8, 4) is 5.75 Å². The first-order valence-corrected chi connectivity index (χ1v) is 10.4. The summed E-state index contributed by atoms with van der Waals surface area (Å²) in [6, 6.07) is 8.30. The molecule has 1 aromatic carbocycles. The molecule has 0 aromatic heterocycles. The Morgan fingerprint density at radius 3 is 2.59 bits per heavy atom. The molecule has 1 aliphatic rings. The topological polar surface area (TPSA) is 48.9 Å². The molecule has 1 aromatic rings. The van der Waals surface area contributed by atoms with Gasteiger partial charge in [0, 0.05) is 31.4 Å². The molecule has 1 heterocycles. The van der Waals surface area contributed by atoms with Crippen molar-refractivity contribution in [3.05, 3.63) is 29.8 Å². The molecule has 0 amide bonds. The first kappa shape index (κ1) is 24.4. The fourth-order valence-corrected chi connectivity index (χ4v) is 4.17. The number of benzene rings is 1. The van der Waals surface area contributed by atoms with Crippen molar-refractivity contribution in [2.24, 2.45) is 4.99 Å². The Kier molecular flexibility index (Phi) is 11.5. The Balaban J connectivity index is 0.00000364. The maximum absolute atomic E-state index is 5.78. The third-order valence-corrected chi connectivity index (χ3v) is 6.09. The summed E-state index contributed by atoms with van der Waals surface area (Å²) in [6.45, 7) is 5.85. The third-order valence-electron chi connectivity index (χ3n) is 4.56. The molecule has 0 radical (unpaired) electrons. The molecule has 1 aliphatic heterocycles. The van der Waals surface area contributed by atoms with Crippen LogP contribution in [0.15, 0.2) is 29.3 Å². The normalized spacial score (nSPS) is 19.7. The van der Waals surface area contributed by atoms with Crippen molar-refractivity contribution in [3.63, 3.8) is 0 Å². The highest BCUT2D eigenvalue weighted by molar-refractivity contribution is 14.0. The highest BCUT2D eigenvalue weighted by Crippen LogP contribution is 2.36. The fourth-order valence-electron chi connectivity index (χ4n) is 2.93. The van der Waals surface area contributed by atoms with Gasteiger partial charge in [-0.3, -0.25) is 4.99 Å². The van der Waals surface area contributed by atoms with E-state index in [0.29, 0.717) is 4.75 Å². The number of aliphatic imine (C=N–C) groups is 1. The van der Waals surface area contributed by atoms with E-state index in [-0.39, 0.29) is 24.0 Å². The number of rotatable bonds is 9. The van der Waals surface area contributed by atoms with Gasteiger partial charge in [-0.25, -0.2) is 0 Å². The van der Waals surface area contributed by atoms with Crippen molar-refractivity contribution < 1.29 is 4.74 Å². The van der Waals surface area contributed by atoms with E-state index in [4.69, 9.17) is 4.74 Å². The smallest absolute Gasteiger partial charge is 0.191 e.